The second kappa shape index (κ2) is 6.98. The summed E-state index contributed by atoms with van der Waals surface area (Å²) in [5.41, 5.74) is 4.75. The fraction of sp³-hybridized carbons (Fsp3) is 0.400. The number of furan rings is 1. The lowest BCUT2D eigenvalue weighted by molar-refractivity contribution is 0.0295. The summed E-state index contributed by atoms with van der Waals surface area (Å²) >= 11 is 0. The van der Waals surface area contributed by atoms with Crippen molar-refractivity contribution in [2.24, 2.45) is 0 Å². The molecule has 0 bridgehead atoms. The SMILES string of the molecule is CCC(C)OC(=O)c1oc2c(c1C)-c1nn(Cc3cncnc3)cc1CC2. The Kier molecular flexibility index (Phi) is 4.51. The minimum absolute atomic E-state index is 0.137. The van der Waals surface area contributed by atoms with Crippen LogP contribution >= 0.6 is 0 Å². The summed E-state index contributed by atoms with van der Waals surface area (Å²) in [6.45, 7) is 6.36. The molecule has 0 fully saturated rings. The standard InChI is InChI=1S/C20H22N4O3/c1-4-12(2)26-20(25)19-13(3)17-16(27-19)6-5-15-10-24(23-18(15)17)9-14-7-21-11-22-8-14/h7-8,10-12H,4-6,9H2,1-3H3. The van der Waals surface area contributed by atoms with Gasteiger partial charge in [0.05, 0.1) is 18.3 Å². The van der Waals surface area contributed by atoms with E-state index in [2.05, 4.69) is 16.2 Å². The maximum atomic E-state index is 12.5. The Labute approximate surface area is 157 Å². The van der Waals surface area contributed by atoms with Gasteiger partial charge in [-0.2, -0.15) is 5.10 Å². The van der Waals surface area contributed by atoms with E-state index in [9.17, 15) is 4.79 Å². The van der Waals surface area contributed by atoms with E-state index in [-0.39, 0.29) is 6.10 Å². The molecule has 0 aliphatic heterocycles. The highest BCUT2D eigenvalue weighted by Crippen LogP contribution is 2.38. The molecule has 0 spiro atoms. The van der Waals surface area contributed by atoms with Crippen LogP contribution in [0.4, 0.5) is 0 Å². The number of hydrogen-bond acceptors (Lipinski definition) is 6. The Morgan fingerprint density at radius 2 is 2.11 bits per heavy atom. The van der Waals surface area contributed by atoms with Gasteiger partial charge in [-0.05, 0) is 32.3 Å². The number of rotatable bonds is 5. The highest BCUT2D eigenvalue weighted by atomic mass is 16.6. The summed E-state index contributed by atoms with van der Waals surface area (Å²) in [5.74, 6) is 0.697. The van der Waals surface area contributed by atoms with Gasteiger partial charge in [0, 0.05) is 41.7 Å². The van der Waals surface area contributed by atoms with Crippen LogP contribution < -0.4 is 0 Å². The first-order valence-corrected chi connectivity index (χ1v) is 9.20. The third-order valence-corrected chi connectivity index (χ3v) is 4.94. The van der Waals surface area contributed by atoms with E-state index in [1.54, 1.807) is 12.4 Å². The van der Waals surface area contributed by atoms with Crippen molar-refractivity contribution >= 4 is 5.97 Å². The molecule has 4 rings (SSSR count). The molecule has 1 aliphatic carbocycles. The fourth-order valence-corrected chi connectivity index (χ4v) is 3.36. The minimum atomic E-state index is -0.404. The van der Waals surface area contributed by atoms with E-state index >= 15 is 0 Å². The molecule has 140 valence electrons. The van der Waals surface area contributed by atoms with Crippen molar-refractivity contribution in [3.8, 4) is 11.3 Å². The number of nitrogens with zero attached hydrogens (tertiary/aromatic N) is 4. The summed E-state index contributed by atoms with van der Waals surface area (Å²) in [5, 5.41) is 4.75. The largest absolute Gasteiger partial charge is 0.457 e. The van der Waals surface area contributed by atoms with E-state index in [4.69, 9.17) is 14.3 Å². The van der Waals surface area contributed by atoms with Crippen LogP contribution in [0.2, 0.25) is 0 Å². The third kappa shape index (κ3) is 3.25. The number of hydrogen-bond donors (Lipinski definition) is 0. The quantitative estimate of drug-likeness (QED) is 0.644. The van der Waals surface area contributed by atoms with Gasteiger partial charge in [-0.3, -0.25) is 4.68 Å². The molecule has 0 saturated carbocycles. The molecule has 1 unspecified atom stereocenters. The maximum Gasteiger partial charge on any atom is 0.374 e. The van der Waals surface area contributed by atoms with Crippen LogP contribution in [0.1, 0.15) is 53.3 Å². The lowest BCUT2D eigenvalue weighted by Crippen LogP contribution is -2.14. The minimum Gasteiger partial charge on any atom is -0.457 e. The molecular formula is C20H22N4O3. The van der Waals surface area contributed by atoms with Crippen molar-refractivity contribution in [3.05, 3.63) is 53.1 Å². The first kappa shape index (κ1) is 17.5. The van der Waals surface area contributed by atoms with Crippen LogP contribution in [-0.4, -0.2) is 31.8 Å². The summed E-state index contributed by atoms with van der Waals surface area (Å²) in [4.78, 5) is 20.6. The van der Waals surface area contributed by atoms with Gasteiger partial charge in [0.2, 0.25) is 5.76 Å². The Bertz CT molecular complexity index is 975. The summed E-state index contributed by atoms with van der Waals surface area (Å²) in [6.07, 6.45) is 9.34. The molecule has 1 aliphatic rings. The predicted molar refractivity (Wildman–Crippen MR) is 98.4 cm³/mol. The van der Waals surface area contributed by atoms with Gasteiger partial charge in [0.1, 0.15) is 12.1 Å². The first-order valence-electron chi connectivity index (χ1n) is 9.20. The van der Waals surface area contributed by atoms with Gasteiger partial charge < -0.3 is 9.15 Å². The van der Waals surface area contributed by atoms with Gasteiger partial charge in [0.15, 0.2) is 0 Å². The zero-order valence-corrected chi connectivity index (χ0v) is 15.7. The highest BCUT2D eigenvalue weighted by molar-refractivity contribution is 5.91. The highest BCUT2D eigenvalue weighted by Gasteiger charge is 2.30. The molecule has 7 heteroatoms. The molecule has 3 aromatic heterocycles. The Morgan fingerprint density at radius 1 is 1.33 bits per heavy atom. The molecule has 1 atom stereocenters. The van der Waals surface area contributed by atoms with E-state index in [0.29, 0.717) is 12.3 Å². The summed E-state index contributed by atoms with van der Waals surface area (Å²) in [6, 6.07) is 0. The van der Waals surface area contributed by atoms with Crippen LogP contribution in [0, 0.1) is 6.92 Å². The number of aryl methyl sites for hydroxylation is 2. The summed E-state index contributed by atoms with van der Waals surface area (Å²) < 4.78 is 13.2. The zero-order valence-electron chi connectivity index (χ0n) is 15.7. The smallest absolute Gasteiger partial charge is 0.374 e. The topological polar surface area (TPSA) is 83.0 Å². The van der Waals surface area contributed by atoms with Crippen molar-refractivity contribution in [1.82, 2.24) is 19.7 Å². The van der Waals surface area contributed by atoms with Crippen molar-refractivity contribution in [2.45, 2.75) is 52.7 Å². The molecule has 0 saturated heterocycles. The zero-order chi connectivity index (χ0) is 19.0. The second-order valence-electron chi connectivity index (χ2n) is 6.93. The van der Waals surface area contributed by atoms with E-state index in [0.717, 1.165) is 53.0 Å². The molecule has 0 radical (unpaired) electrons. The third-order valence-electron chi connectivity index (χ3n) is 4.94. The number of aromatic nitrogens is 4. The number of carbonyl (C=O) groups excluding carboxylic acids is 1. The van der Waals surface area contributed by atoms with Crippen molar-refractivity contribution < 1.29 is 13.9 Å². The number of ether oxygens (including phenoxy) is 1. The fourth-order valence-electron chi connectivity index (χ4n) is 3.36. The average Bonchev–Trinajstić information content (AvgIpc) is 3.22. The van der Waals surface area contributed by atoms with Crippen LogP contribution in [0.3, 0.4) is 0 Å². The monoisotopic (exact) mass is 366 g/mol. The molecule has 0 aromatic carbocycles. The van der Waals surface area contributed by atoms with Crippen LogP contribution in [-0.2, 0) is 24.1 Å². The molecule has 0 amide bonds. The van der Waals surface area contributed by atoms with Crippen LogP contribution in [0.5, 0.6) is 0 Å². The lowest BCUT2D eigenvalue weighted by Gasteiger charge is -2.09. The molecule has 27 heavy (non-hydrogen) atoms. The molecule has 3 aromatic rings. The van der Waals surface area contributed by atoms with Gasteiger partial charge in [0.25, 0.3) is 0 Å². The van der Waals surface area contributed by atoms with Crippen molar-refractivity contribution in [1.29, 1.82) is 0 Å². The van der Waals surface area contributed by atoms with Gasteiger partial charge in [-0.25, -0.2) is 14.8 Å². The predicted octanol–water partition coefficient (Wildman–Crippen LogP) is 3.34. The van der Waals surface area contributed by atoms with Gasteiger partial charge >= 0.3 is 5.97 Å². The molecule has 7 nitrogen and oxygen atoms in total. The first-order chi connectivity index (χ1) is 13.1. The van der Waals surface area contributed by atoms with Crippen molar-refractivity contribution in [2.75, 3.05) is 0 Å². The number of fused-ring (bicyclic) bond motifs is 3. The Morgan fingerprint density at radius 3 is 2.85 bits per heavy atom. The number of esters is 1. The van der Waals surface area contributed by atoms with Gasteiger partial charge in [-0.15, -0.1) is 0 Å². The molecular weight excluding hydrogens is 344 g/mol. The average molecular weight is 366 g/mol. The van der Waals surface area contributed by atoms with E-state index in [1.165, 1.54) is 6.33 Å². The Balaban J connectivity index is 1.66. The lowest BCUT2D eigenvalue weighted by atomic mass is 9.94. The van der Waals surface area contributed by atoms with Gasteiger partial charge in [-0.1, -0.05) is 6.92 Å². The molecule has 0 N–H and O–H groups in total. The Hall–Kier alpha value is -2.96. The second-order valence-corrected chi connectivity index (χ2v) is 6.93. The van der Waals surface area contributed by atoms with E-state index in [1.807, 2.05) is 25.5 Å². The summed E-state index contributed by atoms with van der Waals surface area (Å²) in [7, 11) is 0. The van der Waals surface area contributed by atoms with E-state index < -0.39 is 5.97 Å². The number of carbonyl (C=O) groups is 1. The maximum absolute atomic E-state index is 12.5. The van der Waals surface area contributed by atoms with Crippen molar-refractivity contribution in [3.63, 3.8) is 0 Å². The van der Waals surface area contributed by atoms with Crippen LogP contribution in [0.25, 0.3) is 11.3 Å². The normalized spacial score (nSPS) is 13.7. The van der Waals surface area contributed by atoms with Crippen LogP contribution in [0.15, 0.2) is 29.3 Å². The molecule has 3 heterocycles.